The average molecular weight is 191 g/mol. The highest BCUT2D eigenvalue weighted by molar-refractivity contribution is 5.87. The summed E-state index contributed by atoms with van der Waals surface area (Å²) in [6.45, 7) is 0.322. The summed E-state index contributed by atoms with van der Waals surface area (Å²) in [5, 5.41) is 13.2. The van der Waals surface area contributed by atoms with E-state index in [4.69, 9.17) is 5.26 Å². The standard InChI is InChI=1S/C8H9N5O/c9-2-1-3-12-8(14)13-7-6-10-4-5-11-7/h4-6H,1,3H2,(H2,11,12,13,14). The molecule has 0 spiro atoms. The van der Waals surface area contributed by atoms with Crippen LogP contribution in [0.15, 0.2) is 18.6 Å². The molecular formula is C8H9N5O. The Hall–Kier alpha value is -2.16. The third-order valence-electron chi connectivity index (χ3n) is 1.33. The van der Waals surface area contributed by atoms with Crippen LogP contribution in [-0.2, 0) is 0 Å². The number of carbonyl (C=O) groups is 1. The lowest BCUT2D eigenvalue weighted by Crippen LogP contribution is -2.29. The first-order valence-corrected chi connectivity index (χ1v) is 4.01. The van der Waals surface area contributed by atoms with Gasteiger partial charge in [0.25, 0.3) is 0 Å². The molecule has 6 nitrogen and oxygen atoms in total. The van der Waals surface area contributed by atoms with E-state index in [1.54, 1.807) is 0 Å². The Balaban J connectivity index is 2.32. The molecule has 0 aliphatic heterocycles. The number of hydrogen-bond donors (Lipinski definition) is 2. The van der Waals surface area contributed by atoms with Gasteiger partial charge in [0, 0.05) is 18.9 Å². The number of nitrogens with zero attached hydrogens (tertiary/aromatic N) is 3. The fraction of sp³-hybridized carbons (Fsp3) is 0.250. The molecule has 1 aromatic rings. The molecule has 0 atom stereocenters. The van der Waals surface area contributed by atoms with E-state index in [9.17, 15) is 4.79 Å². The second-order valence-electron chi connectivity index (χ2n) is 2.38. The lowest BCUT2D eigenvalue weighted by atomic mass is 10.5. The number of nitrogens with one attached hydrogen (secondary N) is 2. The Morgan fingerprint density at radius 1 is 1.57 bits per heavy atom. The van der Waals surface area contributed by atoms with Gasteiger partial charge in [-0.3, -0.25) is 10.3 Å². The Kier molecular flexibility index (Phi) is 3.88. The minimum Gasteiger partial charge on any atom is -0.337 e. The highest BCUT2D eigenvalue weighted by atomic mass is 16.2. The van der Waals surface area contributed by atoms with E-state index in [1.165, 1.54) is 18.6 Å². The number of aromatic nitrogens is 2. The minimum absolute atomic E-state index is 0.286. The first kappa shape index (κ1) is 9.92. The van der Waals surface area contributed by atoms with Crippen molar-refractivity contribution in [3.8, 4) is 6.07 Å². The van der Waals surface area contributed by atoms with Crippen LogP contribution in [-0.4, -0.2) is 22.5 Å². The summed E-state index contributed by atoms with van der Waals surface area (Å²) in [7, 11) is 0. The number of anilines is 1. The van der Waals surface area contributed by atoms with Crippen molar-refractivity contribution in [2.45, 2.75) is 6.42 Å². The van der Waals surface area contributed by atoms with Crippen LogP contribution < -0.4 is 10.6 Å². The third-order valence-corrected chi connectivity index (χ3v) is 1.33. The van der Waals surface area contributed by atoms with Gasteiger partial charge in [-0.05, 0) is 0 Å². The maximum atomic E-state index is 11.1. The third kappa shape index (κ3) is 3.49. The van der Waals surface area contributed by atoms with Crippen LogP contribution in [0.4, 0.5) is 10.6 Å². The number of urea groups is 1. The van der Waals surface area contributed by atoms with Crippen LogP contribution in [0.5, 0.6) is 0 Å². The van der Waals surface area contributed by atoms with Crippen molar-refractivity contribution in [1.82, 2.24) is 15.3 Å². The van der Waals surface area contributed by atoms with Crippen LogP contribution in [0.1, 0.15) is 6.42 Å². The lowest BCUT2D eigenvalue weighted by Gasteiger charge is -2.03. The highest BCUT2D eigenvalue weighted by Gasteiger charge is 2.00. The molecule has 1 aromatic heterocycles. The summed E-state index contributed by atoms with van der Waals surface area (Å²) in [6.07, 6.45) is 4.71. The van der Waals surface area contributed by atoms with Crippen molar-refractivity contribution in [2.24, 2.45) is 0 Å². The van der Waals surface area contributed by atoms with Gasteiger partial charge in [-0.15, -0.1) is 0 Å². The average Bonchev–Trinajstić information content (AvgIpc) is 2.20. The zero-order valence-electron chi connectivity index (χ0n) is 7.40. The fourth-order valence-corrected chi connectivity index (χ4v) is 0.756. The Morgan fingerprint density at radius 3 is 3.07 bits per heavy atom. The molecule has 0 aliphatic rings. The van der Waals surface area contributed by atoms with Crippen LogP contribution in [0.3, 0.4) is 0 Å². The van der Waals surface area contributed by atoms with Crippen LogP contribution >= 0.6 is 0 Å². The molecule has 2 N–H and O–H groups in total. The Morgan fingerprint density at radius 2 is 2.43 bits per heavy atom. The summed E-state index contributed by atoms with van der Waals surface area (Å²) >= 11 is 0. The molecule has 0 unspecified atom stereocenters. The van der Waals surface area contributed by atoms with Gasteiger partial charge in [0.2, 0.25) is 0 Å². The molecule has 0 saturated heterocycles. The van der Waals surface area contributed by atoms with Crippen LogP contribution in [0.25, 0.3) is 0 Å². The van der Waals surface area contributed by atoms with Gasteiger partial charge in [0.05, 0.1) is 18.7 Å². The van der Waals surface area contributed by atoms with E-state index in [2.05, 4.69) is 20.6 Å². The van der Waals surface area contributed by atoms with Crippen molar-refractivity contribution < 1.29 is 4.79 Å². The molecule has 1 rings (SSSR count). The molecule has 0 aliphatic carbocycles. The maximum Gasteiger partial charge on any atom is 0.320 e. The second kappa shape index (κ2) is 5.48. The minimum atomic E-state index is -0.388. The number of nitriles is 1. The summed E-state index contributed by atoms with van der Waals surface area (Å²) < 4.78 is 0. The van der Waals surface area contributed by atoms with E-state index in [1.807, 2.05) is 6.07 Å². The molecule has 0 saturated carbocycles. The molecule has 72 valence electrons. The molecular weight excluding hydrogens is 182 g/mol. The van der Waals surface area contributed by atoms with Gasteiger partial charge >= 0.3 is 6.03 Å². The summed E-state index contributed by atoms with van der Waals surface area (Å²) in [6, 6.07) is 1.53. The van der Waals surface area contributed by atoms with Crippen molar-refractivity contribution >= 4 is 11.8 Å². The largest absolute Gasteiger partial charge is 0.337 e. The second-order valence-corrected chi connectivity index (χ2v) is 2.38. The SMILES string of the molecule is N#CCCNC(=O)Nc1cnccn1. The van der Waals surface area contributed by atoms with Crippen molar-refractivity contribution in [3.63, 3.8) is 0 Å². The molecule has 2 amide bonds. The van der Waals surface area contributed by atoms with E-state index >= 15 is 0 Å². The first-order chi connectivity index (χ1) is 6.83. The van der Waals surface area contributed by atoms with Crippen molar-refractivity contribution in [2.75, 3.05) is 11.9 Å². The van der Waals surface area contributed by atoms with E-state index in [-0.39, 0.29) is 12.5 Å². The Labute approximate surface area is 81.0 Å². The molecule has 0 radical (unpaired) electrons. The molecule has 0 fully saturated rings. The quantitative estimate of drug-likeness (QED) is 0.681. The molecule has 0 aromatic carbocycles. The summed E-state index contributed by atoms with van der Waals surface area (Å²) in [5.74, 6) is 0.377. The topological polar surface area (TPSA) is 90.7 Å². The first-order valence-electron chi connectivity index (χ1n) is 4.01. The Bertz CT molecular complexity index is 331. The van der Waals surface area contributed by atoms with Gasteiger partial charge in [-0.1, -0.05) is 0 Å². The zero-order valence-corrected chi connectivity index (χ0v) is 7.40. The van der Waals surface area contributed by atoms with Gasteiger partial charge < -0.3 is 5.32 Å². The maximum absolute atomic E-state index is 11.1. The van der Waals surface area contributed by atoms with Gasteiger partial charge in [-0.2, -0.15) is 5.26 Å². The normalized spacial score (nSPS) is 8.79. The smallest absolute Gasteiger partial charge is 0.320 e. The number of carbonyl (C=O) groups excluding carboxylic acids is 1. The monoisotopic (exact) mass is 191 g/mol. The van der Waals surface area contributed by atoms with Crippen LogP contribution in [0.2, 0.25) is 0 Å². The van der Waals surface area contributed by atoms with Crippen LogP contribution in [0, 0.1) is 11.3 Å². The number of rotatable bonds is 3. The van der Waals surface area contributed by atoms with Gasteiger partial charge in [0.1, 0.15) is 0 Å². The van der Waals surface area contributed by atoms with Gasteiger partial charge in [0.15, 0.2) is 5.82 Å². The molecule has 1 heterocycles. The molecule has 0 bridgehead atoms. The lowest BCUT2D eigenvalue weighted by molar-refractivity contribution is 0.252. The predicted octanol–water partition coefficient (Wildman–Crippen LogP) is 0.512. The van der Waals surface area contributed by atoms with Crippen molar-refractivity contribution in [1.29, 1.82) is 5.26 Å². The summed E-state index contributed by atoms with van der Waals surface area (Å²) in [5.41, 5.74) is 0. The van der Waals surface area contributed by atoms with E-state index < -0.39 is 0 Å². The summed E-state index contributed by atoms with van der Waals surface area (Å²) in [4.78, 5) is 18.7. The van der Waals surface area contributed by atoms with Crippen molar-refractivity contribution in [3.05, 3.63) is 18.6 Å². The van der Waals surface area contributed by atoms with E-state index in [0.29, 0.717) is 12.4 Å². The predicted molar refractivity (Wildman–Crippen MR) is 49.3 cm³/mol. The fourth-order valence-electron chi connectivity index (χ4n) is 0.756. The molecule has 14 heavy (non-hydrogen) atoms. The zero-order chi connectivity index (χ0) is 10.2. The highest BCUT2D eigenvalue weighted by Crippen LogP contribution is 1.95. The molecule has 6 heteroatoms. The van der Waals surface area contributed by atoms with E-state index in [0.717, 1.165) is 0 Å². The van der Waals surface area contributed by atoms with Gasteiger partial charge in [-0.25, -0.2) is 9.78 Å². The number of amides is 2. The number of hydrogen-bond acceptors (Lipinski definition) is 4.